The fourth-order valence-corrected chi connectivity index (χ4v) is 7.44. The number of likely N-dealkylation sites (tertiary alicyclic amines) is 1. The summed E-state index contributed by atoms with van der Waals surface area (Å²) in [5, 5.41) is 15.5. The minimum Gasteiger partial charge on any atom is -0.381 e. The zero-order valence-electron chi connectivity index (χ0n) is 23.9. The molecule has 0 unspecified atom stereocenters. The Balaban J connectivity index is 1.16. The van der Waals surface area contributed by atoms with Gasteiger partial charge < -0.3 is 19.4 Å². The van der Waals surface area contributed by atoms with Crippen LogP contribution in [-0.2, 0) is 16.0 Å². The van der Waals surface area contributed by atoms with Gasteiger partial charge >= 0.3 is 0 Å². The monoisotopic (exact) mass is 585 g/mol. The summed E-state index contributed by atoms with van der Waals surface area (Å²) in [5.74, 6) is -0.0509. The summed E-state index contributed by atoms with van der Waals surface area (Å²) in [7, 11) is 1.96. The molecule has 0 N–H and O–H groups in total. The molecule has 3 aromatic heterocycles. The number of anilines is 3. The molecule has 0 bridgehead atoms. The molecule has 3 fully saturated rings. The van der Waals surface area contributed by atoms with Crippen molar-refractivity contribution < 1.29 is 13.9 Å². The molecular formula is C31H32FN7O2S. The number of fused-ring (bicyclic) bond motifs is 1. The van der Waals surface area contributed by atoms with Gasteiger partial charge in [0.2, 0.25) is 5.91 Å². The number of hydrogen-bond donors (Lipinski definition) is 0. The number of thiazole rings is 1. The zero-order valence-corrected chi connectivity index (χ0v) is 24.7. The minimum absolute atomic E-state index is 0.0301. The molecule has 42 heavy (non-hydrogen) atoms. The number of amides is 1. The molecule has 216 valence electrons. The van der Waals surface area contributed by atoms with Crippen LogP contribution in [0.4, 0.5) is 20.9 Å². The molecule has 0 saturated carbocycles. The van der Waals surface area contributed by atoms with Crippen LogP contribution in [0.25, 0.3) is 16.8 Å². The molecule has 1 amide bonds. The summed E-state index contributed by atoms with van der Waals surface area (Å²) in [6.45, 7) is 8.89. The lowest BCUT2D eigenvalue weighted by molar-refractivity contribution is -0.149. The summed E-state index contributed by atoms with van der Waals surface area (Å²) in [6, 6.07) is 12.7. The van der Waals surface area contributed by atoms with Crippen molar-refractivity contribution in [2.45, 2.75) is 26.7 Å². The Morgan fingerprint density at radius 2 is 2.00 bits per heavy atom. The van der Waals surface area contributed by atoms with Crippen LogP contribution in [0.3, 0.4) is 0 Å². The Kier molecular flexibility index (Phi) is 6.44. The zero-order chi connectivity index (χ0) is 29.2. The standard InChI is InChI=1S/C31H32FN7O2S/c1-4-24-28(36(3)30-34-27(26(13-33)42-30)20-5-7-22(32)8-6-20)25-12-23(11-19(2)39(25)35-24)37-15-31(16-37)17-38(18-31)29(40)21-9-10-41-14-21/h5-8,11-12,21H,4,9-10,14-18H2,1-3H3/t21-/m1/s1. The molecule has 4 aromatic rings. The molecule has 6 heterocycles. The van der Waals surface area contributed by atoms with Gasteiger partial charge in [0.15, 0.2) is 5.13 Å². The molecule has 0 radical (unpaired) electrons. The molecule has 3 aliphatic rings. The van der Waals surface area contributed by atoms with Gasteiger partial charge in [-0.3, -0.25) is 4.79 Å². The van der Waals surface area contributed by atoms with Crippen LogP contribution < -0.4 is 9.80 Å². The van der Waals surface area contributed by atoms with E-state index in [1.807, 2.05) is 21.4 Å². The summed E-state index contributed by atoms with van der Waals surface area (Å²) >= 11 is 1.32. The van der Waals surface area contributed by atoms with Crippen LogP contribution >= 0.6 is 11.3 Å². The topological polar surface area (TPSA) is 90.0 Å². The van der Waals surface area contributed by atoms with Gasteiger partial charge in [-0.05, 0) is 56.2 Å². The number of pyridine rings is 1. The van der Waals surface area contributed by atoms with Crippen molar-refractivity contribution in [2.24, 2.45) is 11.3 Å². The highest BCUT2D eigenvalue weighted by Gasteiger charge is 2.54. The largest absolute Gasteiger partial charge is 0.381 e. The quantitative estimate of drug-likeness (QED) is 0.321. The number of aromatic nitrogens is 3. The van der Waals surface area contributed by atoms with Crippen LogP contribution in [0.15, 0.2) is 36.4 Å². The van der Waals surface area contributed by atoms with E-state index in [0.29, 0.717) is 34.5 Å². The number of hydrogen-bond acceptors (Lipinski definition) is 8. The van der Waals surface area contributed by atoms with E-state index in [4.69, 9.17) is 14.8 Å². The number of halogens is 1. The molecule has 0 aliphatic carbocycles. The van der Waals surface area contributed by atoms with E-state index < -0.39 is 0 Å². The first kappa shape index (κ1) is 26.9. The van der Waals surface area contributed by atoms with Gasteiger partial charge in [-0.25, -0.2) is 13.9 Å². The van der Waals surface area contributed by atoms with Crippen LogP contribution in [0.2, 0.25) is 0 Å². The molecule has 3 aliphatic heterocycles. The minimum atomic E-state index is -0.328. The molecule has 3 saturated heterocycles. The number of nitriles is 1. The molecule has 9 nitrogen and oxygen atoms in total. The third kappa shape index (κ3) is 4.32. The van der Waals surface area contributed by atoms with Crippen molar-refractivity contribution in [1.29, 1.82) is 5.26 Å². The molecule has 11 heteroatoms. The fourth-order valence-electron chi connectivity index (χ4n) is 6.59. The van der Waals surface area contributed by atoms with E-state index in [2.05, 4.69) is 36.9 Å². The maximum Gasteiger partial charge on any atom is 0.228 e. The SMILES string of the molecule is CCc1nn2c(C)cc(N3CC4(CN(C(=O)[C@@H]5CCOC5)C4)C3)cc2c1N(C)c1nc(-c2ccc(F)cc2)c(C#N)s1. The smallest absolute Gasteiger partial charge is 0.228 e. The highest BCUT2D eigenvalue weighted by Crippen LogP contribution is 2.44. The van der Waals surface area contributed by atoms with E-state index >= 15 is 0 Å². The van der Waals surface area contributed by atoms with Crippen LogP contribution in [0.1, 0.15) is 29.6 Å². The van der Waals surface area contributed by atoms with Gasteiger partial charge in [0.1, 0.15) is 22.5 Å². The Labute approximate surface area is 247 Å². The highest BCUT2D eigenvalue weighted by atomic mass is 32.1. The Hall–Kier alpha value is -4.01. The average Bonchev–Trinajstić information content (AvgIpc) is 3.70. The maximum absolute atomic E-state index is 13.5. The first-order valence-electron chi connectivity index (χ1n) is 14.3. The number of ether oxygens (including phenoxy) is 1. The number of nitrogens with zero attached hydrogens (tertiary/aromatic N) is 7. The second kappa shape index (κ2) is 10.1. The van der Waals surface area contributed by atoms with Gasteiger partial charge in [0.05, 0.1) is 29.4 Å². The Morgan fingerprint density at radius 3 is 2.67 bits per heavy atom. The predicted octanol–water partition coefficient (Wildman–Crippen LogP) is 4.79. The second-order valence-electron chi connectivity index (χ2n) is 11.8. The van der Waals surface area contributed by atoms with Crippen molar-refractivity contribution in [3.05, 3.63) is 58.5 Å². The van der Waals surface area contributed by atoms with E-state index in [1.165, 1.54) is 23.5 Å². The van der Waals surface area contributed by atoms with Crippen molar-refractivity contribution >= 4 is 39.3 Å². The number of carbonyl (C=O) groups is 1. The third-order valence-electron chi connectivity index (χ3n) is 8.79. The summed E-state index contributed by atoms with van der Waals surface area (Å²) in [5.41, 5.74) is 6.49. The van der Waals surface area contributed by atoms with E-state index in [1.54, 1.807) is 12.1 Å². The van der Waals surface area contributed by atoms with Crippen molar-refractivity contribution in [1.82, 2.24) is 19.5 Å². The van der Waals surface area contributed by atoms with E-state index in [-0.39, 0.29) is 23.1 Å². The first-order valence-corrected chi connectivity index (χ1v) is 15.1. The number of aryl methyl sites for hydroxylation is 2. The predicted molar refractivity (Wildman–Crippen MR) is 160 cm³/mol. The molecule has 1 atom stereocenters. The molecule has 1 spiro atoms. The highest BCUT2D eigenvalue weighted by molar-refractivity contribution is 7.16. The van der Waals surface area contributed by atoms with Crippen molar-refractivity contribution in [3.8, 4) is 17.3 Å². The van der Waals surface area contributed by atoms with E-state index in [9.17, 15) is 14.4 Å². The van der Waals surface area contributed by atoms with Crippen LogP contribution in [-0.4, -0.2) is 71.8 Å². The number of rotatable bonds is 6. The van der Waals surface area contributed by atoms with Crippen molar-refractivity contribution in [3.63, 3.8) is 0 Å². The summed E-state index contributed by atoms with van der Waals surface area (Å²) < 4.78 is 20.9. The molecular weight excluding hydrogens is 553 g/mol. The lowest BCUT2D eigenvalue weighted by Crippen LogP contribution is -2.73. The van der Waals surface area contributed by atoms with Crippen LogP contribution in [0, 0.1) is 35.4 Å². The first-order chi connectivity index (χ1) is 20.3. The van der Waals surface area contributed by atoms with Crippen molar-refractivity contribution in [2.75, 3.05) is 56.2 Å². The normalized spacial score (nSPS) is 19.2. The number of carbonyl (C=O) groups excluding carboxylic acids is 1. The van der Waals surface area contributed by atoms with Crippen LogP contribution in [0.5, 0.6) is 0 Å². The second-order valence-corrected chi connectivity index (χ2v) is 12.7. The summed E-state index contributed by atoms with van der Waals surface area (Å²) in [6.07, 6.45) is 1.57. The van der Waals surface area contributed by atoms with Gasteiger partial charge in [-0.2, -0.15) is 10.4 Å². The average molecular weight is 586 g/mol. The number of benzene rings is 1. The van der Waals surface area contributed by atoms with Gasteiger partial charge in [0.25, 0.3) is 0 Å². The Bertz CT molecular complexity index is 1720. The lowest BCUT2D eigenvalue weighted by Gasteiger charge is -2.61. The Morgan fingerprint density at radius 1 is 1.24 bits per heavy atom. The third-order valence-corrected chi connectivity index (χ3v) is 9.83. The lowest BCUT2D eigenvalue weighted by atomic mass is 9.72. The van der Waals surface area contributed by atoms with Gasteiger partial charge in [-0.15, -0.1) is 0 Å². The van der Waals surface area contributed by atoms with E-state index in [0.717, 1.165) is 67.3 Å². The van der Waals surface area contributed by atoms with Gasteiger partial charge in [-0.1, -0.05) is 18.3 Å². The molecule has 7 rings (SSSR count). The molecule has 1 aromatic carbocycles. The maximum atomic E-state index is 13.5. The fraction of sp³-hybridized carbons (Fsp3) is 0.419. The van der Waals surface area contributed by atoms with Gasteiger partial charge in [0, 0.05) is 62.2 Å². The summed E-state index contributed by atoms with van der Waals surface area (Å²) in [4.78, 5) is 24.5.